The first-order valence-electron chi connectivity index (χ1n) is 4.31. The van der Waals surface area contributed by atoms with Gasteiger partial charge in [0.15, 0.2) is 14.6 Å². The van der Waals surface area contributed by atoms with Crippen molar-refractivity contribution in [2.24, 2.45) is 0 Å². The van der Waals surface area contributed by atoms with Crippen molar-refractivity contribution in [3.05, 3.63) is 0 Å². The van der Waals surface area contributed by atoms with Gasteiger partial charge in [-0.15, -0.1) is 0 Å². The molecular weight excluding hydrogens is 222 g/mol. The Morgan fingerprint density at radius 3 is 2.13 bits per heavy atom. The van der Waals surface area contributed by atoms with Crippen molar-refractivity contribution in [1.82, 2.24) is 5.32 Å². The van der Waals surface area contributed by atoms with Gasteiger partial charge < -0.3 is 10.4 Å². The number of carboxylic acid groups (broad SMARTS) is 1. The summed E-state index contributed by atoms with van der Waals surface area (Å²) in [6.07, 6.45) is -0.227. The summed E-state index contributed by atoms with van der Waals surface area (Å²) in [6, 6.07) is 0. The van der Waals surface area contributed by atoms with Crippen LogP contribution in [0.2, 0.25) is 0 Å². The molecule has 0 aromatic heterocycles. The highest BCUT2D eigenvalue weighted by Gasteiger charge is 2.41. The van der Waals surface area contributed by atoms with Gasteiger partial charge in [-0.2, -0.15) is 0 Å². The Kier molecular flexibility index (Phi) is 4.27. The summed E-state index contributed by atoms with van der Waals surface area (Å²) >= 11 is 0. The van der Waals surface area contributed by atoms with Crippen molar-refractivity contribution in [2.45, 2.75) is 25.0 Å². The van der Waals surface area contributed by atoms with E-state index in [0.717, 1.165) is 13.8 Å². The zero-order valence-corrected chi connectivity index (χ0v) is 9.72. The zero-order valence-electron chi connectivity index (χ0n) is 8.90. The predicted octanol–water partition coefficient (Wildman–Crippen LogP) is -0.599. The number of hydrogen-bond donors (Lipinski definition) is 2. The number of sulfone groups is 1. The molecule has 2 N–H and O–H groups in total. The molecule has 0 aliphatic rings. The average Bonchev–Trinajstić information content (AvgIpc) is 2.13. The first-order valence-corrected chi connectivity index (χ1v) is 5.96. The van der Waals surface area contributed by atoms with Crippen LogP contribution in [-0.4, -0.2) is 42.9 Å². The quantitative estimate of drug-likeness (QED) is 0.665. The Balaban J connectivity index is 4.71. The van der Waals surface area contributed by atoms with Gasteiger partial charge in [0.25, 0.3) is 0 Å². The highest BCUT2D eigenvalue weighted by atomic mass is 32.2. The van der Waals surface area contributed by atoms with Gasteiger partial charge in [0.05, 0.1) is 5.75 Å². The number of carbonyl (C=O) groups excluding carboxylic acids is 1. The number of hydrogen-bond acceptors (Lipinski definition) is 4. The van der Waals surface area contributed by atoms with Crippen molar-refractivity contribution < 1.29 is 23.1 Å². The Bertz CT molecular complexity index is 357. The molecule has 0 atom stereocenters. The second-order valence-corrected chi connectivity index (χ2v) is 6.22. The minimum absolute atomic E-state index is 0.227. The maximum Gasteiger partial charge on any atom is 0.324 e. The summed E-state index contributed by atoms with van der Waals surface area (Å²) in [4.78, 5) is 21.5. The minimum atomic E-state index is -3.82. The van der Waals surface area contributed by atoms with E-state index < -0.39 is 32.2 Å². The Labute approximate surface area is 88.6 Å². The minimum Gasteiger partial charge on any atom is -0.480 e. The second-order valence-electron chi connectivity index (χ2n) is 3.56. The monoisotopic (exact) mass is 237 g/mol. The summed E-state index contributed by atoms with van der Waals surface area (Å²) in [5, 5.41) is 11.0. The second kappa shape index (κ2) is 4.61. The van der Waals surface area contributed by atoms with E-state index in [1.54, 1.807) is 0 Å². The van der Waals surface area contributed by atoms with Crippen LogP contribution in [0.15, 0.2) is 0 Å². The summed E-state index contributed by atoms with van der Waals surface area (Å²) in [6.45, 7) is 2.21. The number of nitrogens with one attached hydrogen (secondary N) is 1. The number of amides is 1. The number of carbonyl (C=O) groups is 2. The molecule has 88 valence electrons. The molecular formula is C8H15NO5S. The van der Waals surface area contributed by atoms with E-state index in [1.165, 1.54) is 7.05 Å². The van der Waals surface area contributed by atoms with Crippen LogP contribution in [0, 0.1) is 0 Å². The van der Waals surface area contributed by atoms with E-state index in [-0.39, 0.29) is 6.42 Å². The molecule has 1 amide bonds. The summed E-state index contributed by atoms with van der Waals surface area (Å²) in [5.74, 6) is -2.31. The maximum atomic E-state index is 11.6. The van der Waals surface area contributed by atoms with Gasteiger partial charge in [-0.1, -0.05) is 0 Å². The molecule has 0 fully saturated rings. The largest absolute Gasteiger partial charge is 0.480 e. The molecule has 6 nitrogen and oxygen atoms in total. The molecule has 0 aliphatic carbocycles. The maximum absolute atomic E-state index is 11.6. The van der Waals surface area contributed by atoms with E-state index in [0.29, 0.717) is 0 Å². The first kappa shape index (κ1) is 13.9. The molecule has 0 saturated heterocycles. The van der Waals surface area contributed by atoms with Gasteiger partial charge in [-0.3, -0.25) is 9.59 Å². The summed E-state index contributed by atoms with van der Waals surface area (Å²) in [5.41, 5.74) is 0. The lowest BCUT2D eigenvalue weighted by molar-refractivity contribution is -0.139. The SMILES string of the molecule is CNC(=O)CCS(=O)(=O)C(C)(C)C(=O)O. The molecule has 0 spiro atoms. The van der Waals surface area contributed by atoms with Crippen molar-refractivity contribution in [1.29, 1.82) is 0 Å². The smallest absolute Gasteiger partial charge is 0.324 e. The van der Waals surface area contributed by atoms with Gasteiger partial charge in [-0.25, -0.2) is 8.42 Å². The highest BCUT2D eigenvalue weighted by Crippen LogP contribution is 2.18. The molecule has 0 bridgehead atoms. The van der Waals surface area contributed by atoms with E-state index in [9.17, 15) is 18.0 Å². The van der Waals surface area contributed by atoms with Gasteiger partial charge in [0.1, 0.15) is 0 Å². The Morgan fingerprint density at radius 1 is 1.33 bits per heavy atom. The van der Waals surface area contributed by atoms with Crippen LogP contribution in [0.25, 0.3) is 0 Å². The van der Waals surface area contributed by atoms with Crippen LogP contribution < -0.4 is 5.32 Å². The highest BCUT2D eigenvalue weighted by molar-refractivity contribution is 7.93. The normalized spacial score (nSPS) is 12.2. The Hall–Kier alpha value is -1.11. The molecule has 0 unspecified atom stereocenters. The summed E-state index contributed by atoms with van der Waals surface area (Å²) in [7, 11) is -2.44. The molecule has 0 heterocycles. The van der Waals surface area contributed by atoms with Gasteiger partial charge in [0.2, 0.25) is 5.91 Å². The molecule has 0 aliphatic heterocycles. The first-order chi connectivity index (χ1) is 6.65. The fourth-order valence-electron chi connectivity index (χ4n) is 0.740. The van der Waals surface area contributed by atoms with Crippen LogP contribution in [0.5, 0.6) is 0 Å². The molecule has 15 heavy (non-hydrogen) atoms. The molecule has 7 heteroatoms. The van der Waals surface area contributed by atoms with E-state index >= 15 is 0 Å². The predicted molar refractivity (Wildman–Crippen MR) is 54.2 cm³/mol. The summed E-state index contributed by atoms with van der Waals surface area (Å²) < 4.78 is 21.2. The fourth-order valence-corrected chi connectivity index (χ4v) is 1.97. The standard InChI is InChI=1S/C8H15NO5S/c1-8(2,7(11)12)15(13,14)5-4-6(10)9-3/h4-5H2,1-3H3,(H,9,10)(H,11,12). The van der Waals surface area contributed by atoms with Gasteiger partial charge in [0, 0.05) is 13.5 Å². The lowest BCUT2D eigenvalue weighted by Crippen LogP contribution is -2.42. The topological polar surface area (TPSA) is 101 Å². The van der Waals surface area contributed by atoms with E-state index in [4.69, 9.17) is 5.11 Å². The van der Waals surface area contributed by atoms with Crippen molar-refractivity contribution >= 4 is 21.7 Å². The fraction of sp³-hybridized carbons (Fsp3) is 0.750. The molecule has 0 aromatic rings. The van der Waals surface area contributed by atoms with Crippen LogP contribution in [0.4, 0.5) is 0 Å². The number of rotatable bonds is 5. The molecule has 0 rings (SSSR count). The third-order valence-corrected chi connectivity index (χ3v) is 4.64. The lowest BCUT2D eigenvalue weighted by atomic mass is 10.2. The van der Waals surface area contributed by atoms with E-state index in [1.807, 2.05) is 0 Å². The third-order valence-electron chi connectivity index (χ3n) is 2.17. The van der Waals surface area contributed by atoms with Gasteiger partial charge in [-0.05, 0) is 13.8 Å². The number of carboxylic acids is 1. The van der Waals surface area contributed by atoms with Crippen molar-refractivity contribution in [2.75, 3.05) is 12.8 Å². The van der Waals surface area contributed by atoms with Crippen LogP contribution >= 0.6 is 0 Å². The van der Waals surface area contributed by atoms with Crippen molar-refractivity contribution in [3.63, 3.8) is 0 Å². The molecule has 0 radical (unpaired) electrons. The van der Waals surface area contributed by atoms with Gasteiger partial charge >= 0.3 is 5.97 Å². The van der Waals surface area contributed by atoms with Crippen molar-refractivity contribution in [3.8, 4) is 0 Å². The number of aliphatic carboxylic acids is 1. The average molecular weight is 237 g/mol. The van der Waals surface area contributed by atoms with Crippen LogP contribution in [-0.2, 0) is 19.4 Å². The van der Waals surface area contributed by atoms with Crippen LogP contribution in [0.1, 0.15) is 20.3 Å². The van der Waals surface area contributed by atoms with E-state index in [2.05, 4.69) is 5.32 Å². The lowest BCUT2D eigenvalue weighted by Gasteiger charge is -2.19. The zero-order chi connectivity index (χ0) is 12.3. The van der Waals surface area contributed by atoms with Crippen LogP contribution in [0.3, 0.4) is 0 Å². The Morgan fingerprint density at radius 2 is 1.80 bits per heavy atom. The third kappa shape index (κ3) is 3.19. The molecule has 0 aromatic carbocycles. The molecule has 0 saturated carbocycles.